The Bertz CT molecular complexity index is 566. The summed E-state index contributed by atoms with van der Waals surface area (Å²) >= 11 is 0. The van der Waals surface area contributed by atoms with Crippen LogP contribution in [0.3, 0.4) is 0 Å². The Hall–Kier alpha value is -1.75. The van der Waals surface area contributed by atoms with Gasteiger partial charge in [-0.1, -0.05) is 6.92 Å². The fourth-order valence-electron chi connectivity index (χ4n) is 2.25. The van der Waals surface area contributed by atoms with Crippen molar-refractivity contribution in [2.45, 2.75) is 25.8 Å². The molecule has 1 heterocycles. The van der Waals surface area contributed by atoms with Gasteiger partial charge in [0.05, 0.1) is 11.7 Å². The molecule has 0 saturated carbocycles. The molecule has 5 heteroatoms. The highest BCUT2D eigenvalue weighted by atomic mass is 19.1. The summed E-state index contributed by atoms with van der Waals surface area (Å²) in [4.78, 5) is 0. The molecule has 20 heavy (non-hydrogen) atoms. The van der Waals surface area contributed by atoms with Gasteiger partial charge in [-0.2, -0.15) is 5.10 Å². The van der Waals surface area contributed by atoms with Crippen LogP contribution in [-0.2, 0) is 13.5 Å². The fraction of sp³-hybridized carbons (Fsp3) is 0.400. The van der Waals surface area contributed by atoms with Gasteiger partial charge in [0.25, 0.3) is 0 Å². The van der Waals surface area contributed by atoms with Crippen LogP contribution in [0.1, 0.15) is 30.6 Å². The average Bonchev–Trinajstić information content (AvgIpc) is 2.84. The smallest absolute Gasteiger partial charge is 0.126 e. The zero-order valence-corrected chi connectivity index (χ0v) is 11.7. The van der Waals surface area contributed by atoms with Crippen LogP contribution in [0, 0.1) is 11.6 Å². The molecule has 108 valence electrons. The number of halogens is 2. The third-order valence-corrected chi connectivity index (χ3v) is 3.29. The molecule has 1 atom stereocenters. The number of nitrogens with one attached hydrogen (secondary N) is 1. The summed E-state index contributed by atoms with van der Waals surface area (Å²) in [7, 11) is 1.85. The predicted molar refractivity (Wildman–Crippen MR) is 74.3 cm³/mol. The molecule has 0 aliphatic rings. The molecule has 2 aromatic rings. The zero-order valence-electron chi connectivity index (χ0n) is 11.7. The fourth-order valence-corrected chi connectivity index (χ4v) is 2.25. The Morgan fingerprint density at radius 3 is 2.75 bits per heavy atom. The van der Waals surface area contributed by atoms with Crippen molar-refractivity contribution in [3.63, 3.8) is 0 Å². The third-order valence-electron chi connectivity index (χ3n) is 3.29. The number of aryl methyl sites for hydroxylation is 1. The van der Waals surface area contributed by atoms with Crippen LogP contribution in [0.15, 0.2) is 30.5 Å². The lowest BCUT2D eigenvalue weighted by Crippen LogP contribution is -2.26. The zero-order chi connectivity index (χ0) is 14.5. The van der Waals surface area contributed by atoms with Gasteiger partial charge < -0.3 is 5.32 Å². The first-order valence-electron chi connectivity index (χ1n) is 6.77. The summed E-state index contributed by atoms with van der Waals surface area (Å²) in [5.74, 6) is -0.794. The highest BCUT2D eigenvalue weighted by Gasteiger charge is 2.17. The first kappa shape index (κ1) is 14.7. The van der Waals surface area contributed by atoms with E-state index in [1.165, 1.54) is 12.1 Å². The van der Waals surface area contributed by atoms with E-state index in [4.69, 9.17) is 0 Å². The minimum atomic E-state index is -0.416. The number of benzene rings is 1. The summed E-state index contributed by atoms with van der Waals surface area (Å²) < 4.78 is 28.8. The van der Waals surface area contributed by atoms with E-state index in [0.717, 1.165) is 24.7 Å². The molecule has 0 bridgehead atoms. The summed E-state index contributed by atoms with van der Waals surface area (Å²) in [6.45, 7) is 2.88. The summed E-state index contributed by atoms with van der Waals surface area (Å²) in [5.41, 5.74) is 1.34. The third kappa shape index (κ3) is 3.42. The second-order valence-electron chi connectivity index (χ2n) is 4.83. The molecule has 2 rings (SSSR count). The minimum Gasteiger partial charge on any atom is -0.308 e. The van der Waals surface area contributed by atoms with E-state index >= 15 is 0 Å². The lowest BCUT2D eigenvalue weighted by molar-refractivity contribution is 0.480. The van der Waals surface area contributed by atoms with Gasteiger partial charge in [0, 0.05) is 13.2 Å². The largest absolute Gasteiger partial charge is 0.308 e. The summed E-state index contributed by atoms with van der Waals surface area (Å²) in [5, 5.41) is 7.49. The lowest BCUT2D eigenvalue weighted by atomic mass is 10.0. The van der Waals surface area contributed by atoms with E-state index < -0.39 is 5.82 Å². The maximum absolute atomic E-state index is 13.8. The van der Waals surface area contributed by atoms with Crippen LogP contribution in [0.4, 0.5) is 8.78 Å². The van der Waals surface area contributed by atoms with E-state index in [-0.39, 0.29) is 11.9 Å². The van der Waals surface area contributed by atoms with Crippen LogP contribution >= 0.6 is 0 Å². The quantitative estimate of drug-likeness (QED) is 0.881. The van der Waals surface area contributed by atoms with Gasteiger partial charge in [0.15, 0.2) is 0 Å². The van der Waals surface area contributed by atoms with Crippen LogP contribution in [-0.4, -0.2) is 16.3 Å². The Kier molecular flexibility index (Phi) is 4.84. The number of rotatable bonds is 6. The maximum atomic E-state index is 13.8. The summed E-state index contributed by atoms with van der Waals surface area (Å²) in [6, 6.07) is 5.37. The Morgan fingerprint density at radius 1 is 1.30 bits per heavy atom. The van der Waals surface area contributed by atoms with Crippen molar-refractivity contribution in [2.24, 2.45) is 7.05 Å². The highest BCUT2D eigenvalue weighted by Crippen LogP contribution is 2.20. The second-order valence-corrected chi connectivity index (χ2v) is 4.83. The van der Waals surface area contributed by atoms with Crippen molar-refractivity contribution < 1.29 is 8.78 Å². The Morgan fingerprint density at radius 2 is 2.10 bits per heavy atom. The standard InChI is InChI=1S/C15H19F2N3/c1-3-7-18-14(15-6-8-19-20(15)2)10-11-9-12(16)4-5-13(11)17/h4-6,8-9,14,18H,3,7,10H2,1-2H3. The van der Waals surface area contributed by atoms with Crippen LogP contribution in [0.2, 0.25) is 0 Å². The van der Waals surface area contributed by atoms with E-state index in [0.29, 0.717) is 12.0 Å². The molecule has 0 amide bonds. The molecular weight excluding hydrogens is 260 g/mol. The predicted octanol–water partition coefficient (Wildman–Crippen LogP) is 2.98. The molecule has 0 radical (unpaired) electrons. The van der Waals surface area contributed by atoms with Crippen molar-refractivity contribution in [3.05, 3.63) is 53.4 Å². The topological polar surface area (TPSA) is 29.9 Å². The van der Waals surface area contributed by atoms with Crippen LogP contribution in [0.5, 0.6) is 0 Å². The Labute approximate surface area is 117 Å². The van der Waals surface area contributed by atoms with Crippen LogP contribution < -0.4 is 5.32 Å². The molecule has 0 aliphatic heterocycles. The minimum absolute atomic E-state index is 0.0845. The van der Waals surface area contributed by atoms with Gasteiger partial charge in [-0.25, -0.2) is 8.78 Å². The van der Waals surface area contributed by atoms with Crippen molar-refractivity contribution >= 4 is 0 Å². The van der Waals surface area contributed by atoms with Gasteiger partial charge in [0.1, 0.15) is 11.6 Å². The van der Waals surface area contributed by atoms with Gasteiger partial charge >= 0.3 is 0 Å². The maximum Gasteiger partial charge on any atom is 0.126 e. The van der Waals surface area contributed by atoms with Gasteiger partial charge in [-0.15, -0.1) is 0 Å². The Balaban J connectivity index is 2.23. The van der Waals surface area contributed by atoms with E-state index in [2.05, 4.69) is 17.3 Å². The molecule has 0 aliphatic carbocycles. The first-order chi connectivity index (χ1) is 9.61. The number of aromatic nitrogens is 2. The van der Waals surface area contributed by atoms with E-state index in [9.17, 15) is 8.78 Å². The molecule has 3 nitrogen and oxygen atoms in total. The van der Waals surface area contributed by atoms with Gasteiger partial charge in [0.2, 0.25) is 0 Å². The molecule has 0 spiro atoms. The van der Waals surface area contributed by atoms with Gasteiger partial charge in [-0.05, 0) is 49.2 Å². The van der Waals surface area contributed by atoms with Crippen molar-refractivity contribution in [2.75, 3.05) is 6.54 Å². The van der Waals surface area contributed by atoms with Crippen molar-refractivity contribution in [3.8, 4) is 0 Å². The van der Waals surface area contributed by atoms with E-state index in [1.54, 1.807) is 10.9 Å². The van der Waals surface area contributed by atoms with Gasteiger partial charge in [-0.3, -0.25) is 4.68 Å². The molecule has 0 saturated heterocycles. The molecule has 1 N–H and O–H groups in total. The normalized spacial score (nSPS) is 12.6. The van der Waals surface area contributed by atoms with E-state index in [1.807, 2.05) is 13.1 Å². The molecule has 1 unspecified atom stereocenters. The molecular formula is C15H19F2N3. The SMILES string of the molecule is CCCNC(Cc1cc(F)ccc1F)c1ccnn1C. The van der Waals surface area contributed by atoms with Crippen molar-refractivity contribution in [1.82, 2.24) is 15.1 Å². The molecule has 1 aromatic carbocycles. The highest BCUT2D eigenvalue weighted by molar-refractivity contribution is 5.22. The molecule has 1 aromatic heterocycles. The second kappa shape index (κ2) is 6.61. The number of hydrogen-bond donors (Lipinski definition) is 1. The monoisotopic (exact) mass is 279 g/mol. The summed E-state index contributed by atoms with van der Waals surface area (Å²) in [6.07, 6.45) is 3.07. The van der Waals surface area contributed by atoms with Crippen LogP contribution in [0.25, 0.3) is 0 Å². The number of nitrogens with zero attached hydrogens (tertiary/aromatic N) is 2. The van der Waals surface area contributed by atoms with Crippen molar-refractivity contribution in [1.29, 1.82) is 0 Å². The number of hydrogen-bond acceptors (Lipinski definition) is 2. The lowest BCUT2D eigenvalue weighted by Gasteiger charge is -2.19. The first-order valence-corrected chi connectivity index (χ1v) is 6.77. The molecule has 0 fully saturated rings. The average molecular weight is 279 g/mol.